The van der Waals surface area contributed by atoms with Gasteiger partial charge in [-0.1, -0.05) is 30.3 Å². The molecular formula is C22H18N2O2S2. The van der Waals surface area contributed by atoms with E-state index in [-0.39, 0.29) is 5.78 Å². The first-order valence-electron chi connectivity index (χ1n) is 8.76. The van der Waals surface area contributed by atoms with E-state index in [1.165, 1.54) is 10.4 Å². The van der Waals surface area contributed by atoms with Crippen molar-refractivity contribution in [2.45, 2.75) is 17.7 Å². The van der Waals surface area contributed by atoms with Crippen molar-refractivity contribution in [1.29, 1.82) is 0 Å². The number of thiophene rings is 1. The van der Waals surface area contributed by atoms with Gasteiger partial charge in [-0.15, -0.1) is 23.1 Å². The van der Waals surface area contributed by atoms with E-state index in [9.17, 15) is 4.79 Å². The molecule has 0 saturated carbocycles. The Balaban J connectivity index is 1.65. The van der Waals surface area contributed by atoms with E-state index in [0.29, 0.717) is 11.3 Å². The molecule has 0 bridgehead atoms. The van der Waals surface area contributed by atoms with Crippen molar-refractivity contribution in [3.05, 3.63) is 72.1 Å². The highest BCUT2D eigenvalue weighted by Gasteiger charge is 2.13. The largest absolute Gasteiger partial charge is 0.496 e. The van der Waals surface area contributed by atoms with Crippen LogP contribution in [-0.2, 0) is 5.75 Å². The maximum absolute atomic E-state index is 11.7. The summed E-state index contributed by atoms with van der Waals surface area (Å²) in [5, 5.41) is 1.98. The summed E-state index contributed by atoms with van der Waals surface area (Å²) in [6.45, 7) is 1.57. The zero-order chi connectivity index (χ0) is 19.5. The van der Waals surface area contributed by atoms with Crippen LogP contribution >= 0.6 is 23.1 Å². The van der Waals surface area contributed by atoms with Crippen molar-refractivity contribution in [3.8, 4) is 16.2 Å². The number of fused-ring (bicyclic) bond motifs is 1. The normalized spacial score (nSPS) is 10.9. The fourth-order valence-electron chi connectivity index (χ4n) is 2.95. The van der Waals surface area contributed by atoms with Crippen LogP contribution < -0.4 is 4.74 Å². The number of thioether (sulfide) groups is 1. The number of carbonyl (C=O) groups excluding carboxylic acids is 1. The molecule has 6 heteroatoms. The molecule has 4 rings (SSSR count). The monoisotopic (exact) mass is 406 g/mol. The van der Waals surface area contributed by atoms with Crippen LogP contribution in [-0.4, -0.2) is 22.9 Å². The molecule has 2 heterocycles. The molecule has 4 nitrogen and oxygen atoms in total. The summed E-state index contributed by atoms with van der Waals surface area (Å²) < 4.78 is 5.46. The number of rotatable bonds is 6. The number of benzene rings is 2. The van der Waals surface area contributed by atoms with Crippen molar-refractivity contribution >= 4 is 39.1 Å². The lowest BCUT2D eigenvalue weighted by atomic mass is 10.1. The highest BCUT2D eigenvalue weighted by atomic mass is 32.2. The maximum atomic E-state index is 11.7. The third-order valence-corrected chi connectivity index (χ3v) is 6.55. The first-order valence-corrected chi connectivity index (χ1v) is 10.6. The molecule has 0 fully saturated rings. The van der Waals surface area contributed by atoms with Crippen LogP contribution in [0, 0.1) is 0 Å². The minimum atomic E-state index is 0.0451. The fourth-order valence-corrected chi connectivity index (χ4v) is 4.97. The lowest BCUT2D eigenvalue weighted by Gasteiger charge is -2.09. The average molecular weight is 407 g/mol. The smallest absolute Gasteiger partial charge is 0.159 e. The minimum absolute atomic E-state index is 0.0451. The van der Waals surface area contributed by atoms with Gasteiger partial charge in [0.15, 0.2) is 5.78 Å². The van der Waals surface area contributed by atoms with Crippen LogP contribution in [0.2, 0.25) is 0 Å². The Labute approximate surface area is 171 Å². The van der Waals surface area contributed by atoms with Crippen LogP contribution in [0.15, 0.2) is 66.0 Å². The summed E-state index contributed by atoms with van der Waals surface area (Å²) in [5.74, 6) is 1.48. The summed E-state index contributed by atoms with van der Waals surface area (Å²) in [5.41, 5.74) is 2.84. The van der Waals surface area contributed by atoms with Crippen molar-refractivity contribution in [3.63, 3.8) is 0 Å². The molecule has 0 radical (unpaired) electrons. The van der Waals surface area contributed by atoms with Crippen LogP contribution in [0.5, 0.6) is 5.75 Å². The molecular weight excluding hydrogens is 388 g/mol. The number of nitrogens with zero attached hydrogens (tertiary/aromatic N) is 2. The molecule has 0 aliphatic rings. The van der Waals surface area contributed by atoms with Crippen molar-refractivity contribution in [1.82, 2.24) is 9.97 Å². The van der Waals surface area contributed by atoms with Gasteiger partial charge >= 0.3 is 0 Å². The SMILES string of the molecule is COc1ccc(C(C)=O)cc1CSc1ncnc2sc(-c3ccccc3)cc12. The van der Waals surface area contributed by atoms with Gasteiger partial charge in [0, 0.05) is 27.1 Å². The lowest BCUT2D eigenvalue weighted by Crippen LogP contribution is -1.97. The quantitative estimate of drug-likeness (QED) is 0.228. The van der Waals surface area contributed by atoms with Crippen LogP contribution in [0.1, 0.15) is 22.8 Å². The standard InChI is InChI=1S/C22H18N2O2S2/c1-14(25)16-8-9-19(26-2)17(10-16)12-27-21-18-11-20(15-6-4-3-5-7-15)28-22(18)24-13-23-21/h3-11,13H,12H2,1-2H3. The Morgan fingerprint density at radius 2 is 1.93 bits per heavy atom. The van der Waals surface area contributed by atoms with Gasteiger partial charge in [0.2, 0.25) is 0 Å². The summed E-state index contributed by atoms with van der Waals surface area (Å²) in [7, 11) is 1.64. The molecule has 0 spiro atoms. The average Bonchev–Trinajstić information content (AvgIpc) is 3.17. The predicted octanol–water partition coefficient (Wildman–Crippen LogP) is 5.86. The Morgan fingerprint density at radius 3 is 2.68 bits per heavy atom. The van der Waals surface area contributed by atoms with Gasteiger partial charge in [0.05, 0.1) is 7.11 Å². The topological polar surface area (TPSA) is 52.1 Å². The van der Waals surface area contributed by atoms with Gasteiger partial charge in [-0.2, -0.15) is 0 Å². The second-order valence-electron chi connectivity index (χ2n) is 6.25. The molecule has 0 aliphatic carbocycles. The minimum Gasteiger partial charge on any atom is -0.496 e. The number of Topliss-reactive ketones (excluding diaryl/α,β-unsaturated/α-hetero) is 1. The third-order valence-electron chi connectivity index (χ3n) is 4.40. The van der Waals surface area contributed by atoms with E-state index in [4.69, 9.17) is 4.74 Å². The number of ether oxygens (including phenoxy) is 1. The third kappa shape index (κ3) is 3.79. The van der Waals surface area contributed by atoms with Gasteiger partial charge in [0.1, 0.15) is 21.9 Å². The fraction of sp³-hybridized carbons (Fsp3) is 0.136. The highest BCUT2D eigenvalue weighted by molar-refractivity contribution is 7.98. The van der Waals surface area contributed by atoms with Crippen molar-refractivity contribution in [2.75, 3.05) is 7.11 Å². The molecule has 0 aliphatic heterocycles. The summed E-state index contributed by atoms with van der Waals surface area (Å²) in [6.07, 6.45) is 1.61. The number of ketones is 1. The molecule has 28 heavy (non-hydrogen) atoms. The summed E-state index contributed by atoms with van der Waals surface area (Å²) in [6, 6.07) is 18.0. The van der Waals surface area contributed by atoms with E-state index >= 15 is 0 Å². The lowest BCUT2D eigenvalue weighted by molar-refractivity contribution is 0.101. The molecule has 0 atom stereocenters. The number of carbonyl (C=O) groups is 1. The van der Waals surface area contributed by atoms with Crippen molar-refractivity contribution < 1.29 is 9.53 Å². The molecule has 0 saturated heterocycles. The summed E-state index contributed by atoms with van der Waals surface area (Å²) in [4.78, 5) is 22.8. The van der Waals surface area contributed by atoms with Gasteiger partial charge in [-0.05, 0) is 36.8 Å². The maximum Gasteiger partial charge on any atom is 0.159 e. The number of hydrogen-bond acceptors (Lipinski definition) is 6. The Hall–Kier alpha value is -2.70. The first-order chi connectivity index (χ1) is 13.7. The highest BCUT2D eigenvalue weighted by Crippen LogP contribution is 2.37. The predicted molar refractivity (Wildman–Crippen MR) is 115 cm³/mol. The van der Waals surface area contributed by atoms with Crippen LogP contribution in [0.4, 0.5) is 0 Å². The van der Waals surface area contributed by atoms with Gasteiger partial charge in [-0.3, -0.25) is 4.79 Å². The van der Waals surface area contributed by atoms with Gasteiger partial charge in [0.25, 0.3) is 0 Å². The van der Waals surface area contributed by atoms with E-state index in [1.54, 1.807) is 49.5 Å². The molecule has 2 aromatic heterocycles. The molecule has 4 aromatic rings. The molecule has 140 valence electrons. The number of aromatic nitrogens is 2. The molecule has 2 aromatic carbocycles. The second-order valence-corrected chi connectivity index (χ2v) is 8.24. The molecule has 0 amide bonds. The van der Waals surface area contributed by atoms with E-state index in [0.717, 1.165) is 26.6 Å². The van der Waals surface area contributed by atoms with E-state index in [1.807, 2.05) is 30.3 Å². The van der Waals surface area contributed by atoms with Crippen LogP contribution in [0.25, 0.3) is 20.7 Å². The zero-order valence-electron chi connectivity index (χ0n) is 15.5. The van der Waals surface area contributed by atoms with Crippen LogP contribution in [0.3, 0.4) is 0 Å². The first kappa shape index (κ1) is 18.7. The van der Waals surface area contributed by atoms with Gasteiger partial charge in [-0.25, -0.2) is 9.97 Å². The van der Waals surface area contributed by atoms with Gasteiger partial charge < -0.3 is 4.74 Å². The van der Waals surface area contributed by atoms with E-state index in [2.05, 4.69) is 28.2 Å². The second kappa shape index (κ2) is 8.12. The zero-order valence-corrected chi connectivity index (χ0v) is 17.1. The number of methoxy groups -OCH3 is 1. The number of hydrogen-bond donors (Lipinski definition) is 0. The van der Waals surface area contributed by atoms with E-state index < -0.39 is 0 Å². The Morgan fingerprint density at radius 1 is 1.11 bits per heavy atom. The Kier molecular flexibility index (Phi) is 5.41. The molecule has 0 unspecified atom stereocenters. The summed E-state index contributed by atoms with van der Waals surface area (Å²) >= 11 is 3.29. The Bertz CT molecular complexity index is 1140. The molecule has 0 N–H and O–H groups in total. The van der Waals surface area contributed by atoms with Crippen molar-refractivity contribution in [2.24, 2.45) is 0 Å².